The van der Waals surface area contributed by atoms with Crippen molar-refractivity contribution in [1.82, 2.24) is 0 Å². The minimum Gasteiger partial charge on any atom is -0.258 e. The van der Waals surface area contributed by atoms with Crippen molar-refractivity contribution in [2.45, 2.75) is 0 Å². The summed E-state index contributed by atoms with van der Waals surface area (Å²) in [5.41, 5.74) is 0.00407. The van der Waals surface area contributed by atoms with Crippen molar-refractivity contribution in [3.63, 3.8) is 0 Å². The van der Waals surface area contributed by atoms with Gasteiger partial charge in [-0.15, -0.1) is 11.3 Å². The van der Waals surface area contributed by atoms with Crippen LogP contribution in [0.2, 0.25) is 9.36 Å². The predicted molar refractivity (Wildman–Crippen MR) is 58.5 cm³/mol. The summed E-state index contributed by atoms with van der Waals surface area (Å²) in [6, 6.07) is 4.66. The minimum absolute atomic E-state index is 0.00407. The van der Waals surface area contributed by atoms with Crippen LogP contribution in [0.4, 0.5) is 5.69 Å². The van der Waals surface area contributed by atoms with Crippen LogP contribution in [-0.4, -0.2) is 4.92 Å². The summed E-state index contributed by atoms with van der Waals surface area (Å²) < 4.78 is 1.08. The van der Waals surface area contributed by atoms with Crippen molar-refractivity contribution in [3.8, 4) is 0 Å². The lowest BCUT2D eigenvalue weighted by molar-refractivity contribution is -0.382. The molecule has 0 radical (unpaired) electrons. The molecule has 0 bridgehead atoms. The lowest BCUT2D eigenvalue weighted by Crippen LogP contribution is -1.87. The van der Waals surface area contributed by atoms with Crippen LogP contribution >= 0.6 is 34.5 Å². The number of hydrogen-bond acceptors (Lipinski definition) is 3. The molecule has 1 aromatic heterocycles. The first kappa shape index (κ1) is 9.71. The van der Waals surface area contributed by atoms with Crippen molar-refractivity contribution in [1.29, 1.82) is 0 Å². The van der Waals surface area contributed by atoms with E-state index in [1.807, 2.05) is 0 Å². The van der Waals surface area contributed by atoms with Gasteiger partial charge in [-0.3, -0.25) is 10.1 Å². The molecule has 2 rings (SSSR count). The molecule has 0 saturated carbocycles. The molecule has 0 aliphatic heterocycles. The van der Waals surface area contributed by atoms with Crippen molar-refractivity contribution >= 4 is 50.3 Å². The van der Waals surface area contributed by atoms with Crippen LogP contribution in [0.1, 0.15) is 0 Å². The highest BCUT2D eigenvalue weighted by Gasteiger charge is 2.15. The zero-order valence-corrected chi connectivity index (χ0v) is 8.99. The lowest BCUT2D eigenvalue weighted by Gasteiger charge is -1.94. The molecule has 0 amide bonds. The zero-order chi connectivity index (χ0) is 10.3. The molecule has 0 aliphatic rings. The van der Waals surface area contributed by atoms with E-state index >= 15 is 0 Å². The number of nitrogens with zero attached hydrogens (tertiary/aromatic N) is 1. The van der Waals surface area contributed by atoms with E-state index in [9.17, 15) is 10.1 Å². The smallest absolute Gasteiger partial charge is 0.258 e. The molecule has 1 heterocycles. The second-order valence-corrected chi connectivity index (χ2v) is 4.77. The lowest BCUT2D eigenvalue weighted by atomic mass is 10.2. The molecule has 6 heteroatoms. The summed E-state index contributed by atoms with van der Waals surface area (Å²) >= 11 is 12.7. The second-order valence-electron chi connectivity index (χ2n) is 2.65. The summed E-state index contributed by atoms with van der Waals surface area (Å²) in [4.78, 5) is 10.2. The minimum atomic E-state index is -0.457. The SMILES string of the molecule is O=[N+]([O-])c1cc(Cl)cc2cc(Cl)sc12. The maximum absolute atomic E-state index is 10.7. The number of fused-ring (bicyclic) bond motifs is 1. The highest BCUT2D eigenvalue weighted by molar-refractivity contribution is 7.23. The maximum Gasteiger partial charge on any atom is 0.288 e. The molecular weight excluding hydrogens is 245 g/mol. The fourth-order valence-electron chi connectivity index (χ4n) is 1.20. The third-order valence-corrected chi connectivity index (χ3v) is 3.25. The number of hydrogen-bond donors (Lipinski definition) is 0. The van der Waals surface area contributed by atoms with Crippen LogP contribution in [0.3, 0.4) is 0 Å². The van der Waals surface area contributed by atoms with E-state index in [1.54, 1.807) is 12.1 Å². The zero-order valence-electron chi connectivity index (χ0n) is 6.66. The molecule has 0 saturated heterocycles. The Labute approximate surface area is 93.0 Å². The molecule has 2 aromatic rings. The number of non-ortho nitro benzene ring substituents is 1. The van der Waals surface area contributed by atoms with Gasteiger partial charge < -0.3 is 0 Å². The molecule has 1 aromatic carbocycles. The Bertz CT molecular complexity index is 523. The summed E-state index contributed by atoms with van der Waals surface area (Å²) in [5.74, 6) is 0. The van der Waals surface area contributed by atoms with E-state index in [0.717, 1.165) is 0 Å². The van der Waals surface area contributed by atoms with Crippen molar-refractivity contribution < 1.29 is 4.92 Å². The Balaban J connectivity index is 2.85. The number of benzene rings is 1. The van der Waals surface area contributed by atoms with E-state index in [0.29, 0.717) is 19.4 Å². The molecular formula is C8H3Cl2NO2S. The third kappa shape index (κ3) is 1.56. The topological polar surface area (TPSA) is 43.1 Å². The van der Waals surface area contributed by atoms with Crippen LogP contribution in [-0.2, 0) is 0 Å². The van der Waals surface area contributed by atoms with Gasteiger partial charge in [0.05, 0.1) is 9.26 Å². The quantitative estimate of drug-likeness (QED) is 0.562. The van der Waals surface area contributed by atoms with Crippen molar-refractivity contribution in [2.24, 2.45) is 0 Å². The van der Waals surface area contributed by atoms with E-state index in [4.69, 9.17) is 23.2 Å². The third-order valence-electron chi connectivity index (χ3n) is 1.73. The Kier molecular flexibility index (Phi) is 2.34. The van der Waals surface area contributed by atoms with Gasteiger partial charge in [0.25, 0.3) is 5.69 Å². The Morgan fingerprint density at radius 3 is 2.64 bits per heavy atom. The fraction of sp³-hybridized carbons (Fsp3) is 0. The monoisotopic (exact) mass is 247 g/mol. The maximum atomic E-state index is 10.7. The number of halogens is 2. The van der Waals surface area contributed by atoms with Gasteiger partial charge in [0, 0.05) is 16.5 Å². The molecule has 72 valence electrons. The van der Waals surface area contributed by atoms with Gasteiger partial charge in [-0.1, -0.05) is 23.2 Å². The molecule has 0 atom stereocenters. The first-order valence-corrected chi connectivity index (χ1v) is 5.18. The summed E-state index contributed by atoms with van der Waals surface area (Å²) in [7, 11) is 0. The first-order chi connectivity index (χ1) is 6.58. The molecule has 0 unspecified atom stereocenters. The van der Waals surface area contributed by atoms with E-state index in [1.165, 1.54) is 17.4 Å². The Morgan fingerprint density at radius 1 is 1.29 bits per heavy atom. The molecule has 3 nitrogen and oxygen atoms in total. The molecule has 0 fully saturated rings. The average molecular weight is 248 g/mol. The number of thiophene rings is 1. The standard InChI is InChI=1S/C8H3Cl2NO2S/c9-5-1-4-2-7(10)14-8(4)6(3-5)11(12)13/h1-3H. The van der Waals surface area contributed by atoms with E-state index in [-0.39, 0.29) is 5.69 Å². The summed E-state index contributed by atoms with van der Waals surface area (Å²) in [6.07, 6.45) is 0. The van der Waals surface area contributed by atoms with Gasteiger partial charge in [-0.2, -0.15) is 0 Å². The Hall–Kier alpha value is -0.840. The average Bonchev–Trinajstić information content (AvgIpc) is 2.42. The van der Waals surface area contributed by atoms with Crippen LogP contribution in [0, 0.1) is 10.1 Å². The van der Waals surface area contributed by atoms with Crippen molar-refractivity contribution in [2.75, 3.05) is 0 Å². The number of rotatable bonds is 1. The predicted octanol–water partition coefficient (Wildman–Crippen LogP) is 4.12. The molecule has 0 spiro atoms. The first-order valence-electron chi connectivity index (χ1n) is 3.61. The van der Waals surface area contributed by atoms with Crippen molar-refractivity contribution in [3.05, 3.63) is 37.7 Å². The molecule has 0 aliphatic carbocycles. The van der Waals surface area contributed by atoms with E-state index in [2.05, 4.69) is 0 Å². The highest BCUT2D eigenvalue weighted by atomic mass is 35.5. The van der Waals surface area contributed by atoms with Crippen LogP contribution < -0.4 is 0 Å². The number of nitro benzene ring substituents is 1. The molecule has 14 heavy (non-hydrogen) atoms. The highest BCUT2D eigenvalue weighted by Crippen LogP contribution is 2.37. The second kappa shape index (κ2) is 3.38. The van der Waals surface area contributed by atoms with Gasteiger partial charge >= 0.3 is 0 Å². The normalized spacial score (nSPS) is 10.7. The fourth-order valence-corrected chi connectivity index (χ4v) is 2.63. The van der Waals surface area contributed by atoms with Crippen LogP contribution in [0.25, 0.3) is 10.1 Å². The number of nitro groups is 1. The van der Waals surface area contributed by atoms with Gasteiger partial charge in [0.15, 0.2) is 0 Å². The van der Waals surface area contributed by atoms with E-state index < -0.39 is 4.92 Å². The van der Waals surface area contributed by atoms with Gasteiger partial charge in [-0.25, -0.2) is 0 Å². The van der Waals surface area contributed by atoms with Crippen LogP contribution in [0.5, 0.6) is 0 Å². The van der Waals surface area contributed by atoms with Gasteiger partial charge in [-0.05, 0) is 12.1 Å². The Morgan fingerprint density at radius 2 is 2.00 bits per heavy atom. The van der Waals surface area contributed by atoms with Crippen LogP contribution in [0.15, 0.2) is 18.2 Å². The van der Waals surface area contributed by atoms with Gasteiger partial charge in [0.2, 0.25) is 0 Å². The largest absolute Gasteiger partial charge is 0.288 e. The summed E-state index contributed by atoms with van der Waals surface area (Å²) in [6.45, 7) is 0. The van der Waals surface area contributed by atoms with Gasteiger partial charge in [0.1, 0.15) is 4.70 Å². The molecule has 0 N–H and O–H groups in total. The summed E-state index contributed by atoms with van der Waals surface area (Å²) in [5, 5.41) is 11.7.